The van der Waals surface area contributed by atoms with E-state index in [4.69, 9.17) is 4.74 Å². The molecule has 1 N–H and O–H groups in total. The van der Waals surface area contributed by atoms with Gasteiger partial charge in [0.25, 0.3) is 0 Å². The Morgan fingerprint density at radius 3 is 2.39 bits per heavy atom. The number of benzene rings is 2. The maximum Gasteiger partial charge on any atom is 0.225 e. The Kier molecular flexibility index (Phi) is 5.94. The van der Waals surface area contributed by atoms with Crippen molar-refractivity contribution >= 4 is 15.9 Å². The van der Waals surface area contributed by atoms with Crippen LogP contribution in [0.4, 0.5) is 0 Å². The molecule has 2 fully saturated rings. The molecule has 2 atom stereocenters. The van der Waals surface area contributed by atoms with Crippen molar-refractivity contribution in [3.05, 3.63) is 60.2 Å². The summed E-state index contributed by atoms with van der Waals surface area (Å²) < 4.78 is 32.8. The smallest absolute Gasteiger partial charge is 0.225 e. The minimum Gasteiger partial charge on any atom is -0.380 e. The maximum absolute atomic E-state index is 13.1. The van der Waals surface area contributed by atoms with Crippen LogP contribution in [-0.2, 0) is 26.0 Å². The molecular formula is C24H30N2O4S. The molecular weight excluding hydrogens is 412 g/mol. The van der Waals surface area contributed by atoms with Crippen molar-refractivity contribution in [2.24, 2.45) is 11.3 Å². The molecule has 0 bridgehead atoms. The van der Waals surface area contributed by atoms with Crippen molar-refractivity contribution in [3.63, 3.8) is 0 Å². The fourth-order valence-electron chi connectivity index (χ4n) is 4.76. The quantitative estimate of drug-likeness (QED) is 0.746. The summed E-state index contributed by atoms with van der Waals surface area (Å²) in [5.74, 6) is -0.110. The minimum atomic E-state index is -3.44. The third-order valence-electron chi connectivity index (χ3n) is 6.31. The van der Waals surface area contributed by atoms with E-state index in [0.29, 0.717) is 26.2 Å². The summed E-state index contributed by atoms with van der Waals surface area (Å²) in [6.07, 6.45) is 1.76. The number of hydrogen-bond donors (Lipinski definition) is 1. The number of carbonyl (C=O) groups excluding carboxylic acids is 1. The third kappa shape index (κ3) is 4.54. The molecule has 0 radical (unpaired) electrons. The van der Waals surface area contributed by atoms with Crippen molar-refractivity contribution in [3.8, 4) is 11.1 Å². The predicted octanol–water partition coefficient (Wildman–Crippen LogP) is 2.70. The Balaban J connectivity index is 1.69. The zero-order chi connectivity index (χ0) is 22.2. The third-order valence-corrected chi connectivity index (χ3v) is 6.99. The highest BCUT2D eigenvalue weighted by Crippen LogP contribution is 2.43. The zero-order valence-electron chi connectivity index (χ0n) is 18.2. The van der Waals surface area contributed by atoms with Crippen LogP contribution in [0.5, 0.6) is 0 Å². The highest BCUT2D eigenvalue weighted by molar-refractivity contribution is 7.88. The largest absolute Gasteiger partial charge is 0.380 e. The number of likely N-dealkylation sites (tertiary alicyclic amines) is 1. The summed E-state index contributed by atoms with van der Waals surface area (Å²) in [4.78, 5) is 15.0. The number of nitrogens with one attached hydrogen (secondary N) is 1. The van der Waals surface area contributed by atoms with Crippen LogP contribution in [-0.4, -0.2) is 57.3 Å². The van der Waals surface area contributed by atoms with Crippen LogP contribution in [0, 0.1) is 11.3 Å². The van der Waals surface area contributed by atoms with E-state index in [2.05, 4.69) is 29.0 Å². The summed E-state index contributed by atoms with van der Waals surface area (Å²) >= 11 is 0. The Hall–Kier alpha value is -2.22. The molecule has 2 aliphatic heterocycles. The summed E-state index contributed by atoms with van der Waals surface area (Å²) in [7, 11) is -3.44. The molecule has 1 amide bonds. The monoisotopic (exact) mass is 442 g/mol. The normalized spacial score (nSPS) is 22.6. The first kappa shape index (κ1) is 22.0. The fourth-order valence-corrected chi connectivity index (χ4v) is 5.63. The van der Waals surface area contributed by atoms with Crippen LogP contribution in [0.25, 0.3) is 11.1 Å². The summed E-state index contributed by atoms with van der Waals surface area (Å²) in [5, 5.41) is 0. The van der Waals surface area contributed by atoms with Gasteiger partial charge in [0.2, 0.25) is 15.9 Å². The number of carbonyl (C=O) groups is 1. The molecule has 2 unspecified atom stereocenters. The molecule has 2 saturated heterocycles. The van der Waals surface area contributed by atoms with Gasteiger partial charge in [0.15, 0.2) is 0 Å². The lowest BCUT2D eigenvalue weighted by atomic mass is 9.78. The molecule has 7 heteroatoms. The van der Waals surface area contributed by atoms with Crippen LogP contribution < -0.4 is 4.72 Å². The van der Waals surface area contributed by atoms with E-state index in [9.17, 15) is 13.2 Å². The second kappa shape index (κ2) is 8.37. The lowest BCUT2D eigenvalue weighted by Gasteiger charge is -2.42. The van der Waals surface area contributed by atoms with Gasteiger partial charge in [-0.25, -0.2) is 13.1 Å². The maximum atomic E-state index is 13.1. The lowest BCUT2D eigenvalue weighted by Crippen LogP contribution is -2.59. The number of hydrogen-bond acceptors (Lipinski definition) is 4. The molecule has 2 heterocycles. The fraction of sp³-hybridized carbons (Fsp3) is 0.458. The van der Waals surface area contributed by atoms with Crippen LogP contribution in [0.1, 0.15) is 19.4 Å². The molecule has 0 saturated carbocycles. The van der Waals surface area contributed by atoms with E-state index >= 15 is 0 Å². The molecule has 1 spiro atoms. The SMILES string of the molecule is CC(C)C(=O)N1CC2(COC2)C(NS(C)(=O)=O)C1Cc1cccc(-c2ccccc2)c1. The van der Waals surface area contributed by atoms with Crippen LogP contribution in [0.2, 0.25) is 0 Å². The first-order valence-electron chi connectivity index (χ1n) is 10.7. The average Bonchev–Trinajstić information content (AvgIpc) is 3.01. The van der Waals surface area contributed by atoms with Gasteiger partial charge in [-0.1, -0.05) is 68.4 Å². The Bertz CT molecular complexity index is 1050. The summed E-state index contributed by atoms with van der Waals surface area (Å²) in [6.45, 7) is 5.21. The van der Waals surface area contributed by atoms with Gasteiger partial charge in [-0.2, -0.15) is 0 Å². The van der Waals surface area contributed by atoms with Crippen molar-refractivity contribution < 1.29 is 17.9 Å². The molecule has 2 aromatic rings. The number of rotatable bonds is 6. The van der Waals surface area contributed by atoms with Crippen molar-refractivity contribution in [2.45, 2.75) is 32.4 Å². The van der Waals surface area contributed by atoms with Crippen molar-refractivity contribution in [2.75, 3.05) is 26.0 Å². The Morgan fingerprint density at radius 2 is 1.81 bits per heavy atom. The standard InChI is InChI=1S/C24H30N2O4S/c1-17(2)23(27)26-14-24(15-30-16-24)22(25-31(3,28)29)21(26)13-18-8-7-11-20(12-18)19-9-5-4-6-10-19/h4-12,17,21-22,25H,13-16H2,1-3H3. The summed E-state index contributed by atoms with van der Waals surface area (Å²) in [5.41, 5.74) is 2.94. The van der Waals surface area contributed by atoms with Crippen LogP contribution in [0.15, 0.2) is 54.6 Å². The molecule has 166 valence electrons. The Morgan fingerprint density at radius 1 is 1.13 bits per heavy atom. The molecule has 2 aromatic carbocycles. The Labute approximate surface area is 184 Å². The van der Waals surface area contributed by atoms with Gasteiger partial charge in [-0.15, -0.1) is 0 Å². The van der Waals surface area contributed by atoms with E-state index in [0.717, 1.165) is 16.7 Å². The molecule has 6 nitrogen and oxygen atoms in total. The molecule has 4 rings (SSSR count). The summed E-state index contributed by atoms with van der Waals surface area (Å²) in [6, 6.07) is 17.8. The van der Waals surface area contributed by atoms with Gasteiger partial charge < -0.3 is 9.64 Å². The molecule has 0 aliphatic carbocycles. The van der Waals surface area contributed by atoms with E-state index in [-0.39, 0.29) is 29.3 Å². The van der Waals surface area contributed by atoms with Crippen molar-refractivity contribution in [1.29, 1.82) is 0 Å². The van der Waals surface area contributed by atoms with E-state index in [1.54, 1.807) is 0 Å². The number of amides is 1. The van der Waals surface area contributed by atoms with Crippen molar-refractivity contribution in [1.82, 2.24) is 9.62 Å². The topological polar surface area (TPSA) is 75.7 Å². The highest BCUT2D eigenvalue weighted by atomic mass is 32.2. The van der Waals surface area contributed by atoms with Crippen LogP contribution >= 0.6 is 0 Å². The average molecular weight is 443 g/mol. The van der Waals surface area contributed by atoms with E-state index in [1.807, 2.05) is 49.1 Å². The molecule has 2 aliphatic rings. The second-order valence-corrected chi connectivity index (χ2v) is 11.0. The molecule has 0 aromatic heterocycles. The van der Waals surface area contributed by atoms with Gasteiger partial charge >= 0.3 is 0 Å². The number of nitrogens with zero attached hydrogens (tertiary/aromatic N) is 1. The first-order chi connectivity index (χ1) is 14.7. The lowest BCUT2D eigenvalue weighted by molar-refractivity contribution is -0.139. The van der Waals surface area contributed by atoms with E-state index in [1.165, 1.54) is 6.26 Å². The molecule has 31 heavy (non-hydrogen) atoms. The zero-order valence-corrected chi connectivity index (χ0v) is 19.1. The van der Waals surface area contributed by atoms with Gasteiger partial charge in [0.1, 0.15) is 0 Å². The first-order valence-corrected chi connectivity index (χ1v) is 12.6. The minimum absolute atomic E-state index is 0.0493. The second-order valence-electron chi connectivity index (χ2n) is 9.18. The van der Waals surface area contributed by atoms with Gasteiger partial charge in [0, 0.05) is 12.5 Å². The number of ether oxygens (including phenoxy) is 1. The van der Waals surface area contributed by atoms with Gasteiger partial charge in [-0.05, 0) is 23.1 Å². The van der Waals surface area contributed by atoms with E-state index < -0.39 is 10.0 Å². The van der Waals surface area contributed by atoms with Gasteiger partial charge in [-0.3, -0.25) is 4.79 Å². The van der Waals surface area contributed by atoms with Crippen LogP contribution in [0.3, 0.4) is 0 Å². The number of sulfonamides is 1. The predicted molar refractivity (Wildman–Crippen MR) is 121 cm³/mol. The highest BCUT2D eigenvalue weighted by Gasteiger charge is 2.58. The van der Waals surface area contributed by atoms with Gasteiger partial charge in [0.05, 0.1) is 37.0 Å².